The molecule has 0 radical (unpaired) electrons. The summed E-state index contributed by atoms with van der Waals surface area (Å²) in [5.41, 5.74) is -1.39. The average Bonchev–Trinajstić information content (AvgIpc) is 3.20. The lowest BCUT2D eigenvalue weighted by molar-refractivity contribution is -0.0373. The van der Waals surface area contributed by atoms with Gasteiger partial charge in [0.15, 0.2) is 0 Å². The van der Waals surface area contributed by atoms with Crippen LogP contribution >= 0.6 is 0 Å². The molecule has 0 aliphatic carbocycles. The molecule has 0 aliphatic rings. The molecule has 2 atom stereocenters. The second kappa shape index (κ2) is 5.64. The molecular formula is C14H15FN6O. The second-order valence-electron chi connectivity index (χ2n) is 5.06. The topological polar surface area (TPSA) is 81.6 Å². The quantitative estimate of drug-likeness (QED) is 0.765. The van der Waals surface area contributed by atoms with E-state index in [0.29, 0.717) is 0 Å². The minimum absolute atomic E-state index is 0.0367. The van der Waals surface area contributed by atoms with Crippen molar-refractivity contribution >= 4 is 0 Å². The van der Waals surface area contributed by atoms with Crippen molar-refractivity contribution < 1.29 is 9.50 Å². The highest BCUT2D eigenvalue weighted by atomic mass is 19.1. The predicted octanol–water partition coefficient (Wildman–Crippen LogP) is 1.16. The highest BCUT2D eigenvalue weighted by Gasteiger charge is 2.40. The molecule has 8 heteroatoms. The van der Waals surface area contributed by atoms with Crippen molar-refractivity contribution in [2.24, 2.45) is 0 Å². The minimum Gasteiger partial charge on any atom is -0.381 e. The van der Waals surface area contributed by atoms with E-state index in [0.717, 1.165) is 0 Å². The molecule has 0 saturated carbocycles. The molecule has 2 heterocycles. The van der Waals surface area contributed by atoms with Crippen LogP contribution < -0.4 is 0 Å². The number of aromatic nitrogens is 6. The summed E-state index contributed by atoms with van der Waals surface area (Å²) in [7, 11) is 0. The number of benzene rings is 1. The monoisotopic (exact) mass is 302 g/mol. The smallest absolute Gasteiger partial charge is 0.137 e. The first-order chi connectivity index (χ1) is 10.6. The van der Waals surface area contributed by atoms with Crippen LogP contribution in [0.4, 0.5) is 4.39 Å². The zero-order valence-corrected chi connectivity index (χ0v) is 11.9. The first kappa shape index (κ1) is 14.3. The van der Waals surface area contributed by atoms with E-state index in [2.05, 4.69) is 20.4 Å². The summed E-state index contributed by atoms with van der Waals surface area (Å²) in [5, 5.41) is 22.9. The summed E-state index contributed by atoms with van der Waals surface area (Å²) in [6.45, 7) is 1.78. The van der Waals surface area contributed by atoms with Gasteiger partial charge in [-0.2, -0.15) is 5.10 Å². The Kier molecular flexibility index (Phi) is 3.68. The normalized spacial score (nSPS) is 15.4. The molecule has 0 amide bonds. The number of nitrogens with zero attached hydrogens (tertiary/aromatic N) is 6. The first-order valence-corrected chi connectivity index (χ1v) is 6.77. The zero-order chi connectivity index (χ0) is 15.6. The van der Waals surface area contributed by atoms with Crippen molar-refractivity contribution in [2.45, 2.75) is 25.1 Å². The van der Waals surface area contributed by atoms with Gasteiger partial charge in [0, 0.05) is 11.8 Å². The zero-order valence-electron chi connectivity index (χ0n) is 11.9. The van der Waals surface area contributed by atoms with E-state index in [1.807, 2.05) is 0 Å². The first-order valence-electron chi connectivity index (χ1n) is 6.77. The van der Waals surface area contributed by atoms with E-state index in [4.69, 9.17) is 0 Å². The molecular weight excluding hydrogens is 287 g/mol. The molecule has 0 spiro atoms. The molecule has 1 aromatic carbocycles. The van der Waals surface area contributed by atoms with Gasteiger partial charge in [-0.3, -0.25) is 0 Å². The lowest BCUT2D eigenvalue weighted by Crippen LogP contribution is -2.40. The van der Waals surface area contributed by atoms with Crippen LogP contribution in [0, 0.1) is 5.82 Å². The van der Waals surface area contributed by atoms with E-state index in [1.54, 1.807) is 31.3 Å². The number of hydrogen-bond donors (Lipinski definition) is 1. The maximum Gasteiger partial charge on any atom is 0.137 e. The summed E-state index contributed by atoms with van der Waals surface area (Å²) < 4.78 is 17.2. The van der Waals surface area contributed by atoms with Crippen LogP contribution in [0.5, 0.6) is 0 Å². The van der Waals surface area contributed by atoms with Gasteiger partial charge in [0.2, 0.25) is 0 Å². The van der Waals surface area contributed by atoms with Crippen LogP contribution in [0.1, 0.15) is 18.5 Å². The molecule has 7 nitrogen and oxygen atoms in total. The second-order valence-corrected chi connectivity index (χ2v) is 5.06. The molecule has 2 aromatic heterocycles. The van der Waals surface area contributed by atoms with Crippen LogP contribution in [-0.2, 0) is 12.1 Å². The van der Waals surface area contributed by atoms with Crippen molar-refractivity contribution in [3.63, 3.8) is 0 Å². The molecule has 0 aliphatic heterocycles. The van der Waals surface area contributed by atoms with Gasteiger partial charge < -0.3 is 5.11 Å². The van der Waals surface area contributed by atoms with Crippen molar-refractivity contribution in [1.29, 1.82) is 0 Å². The molecule has 22 heavy (non-hydrogen) atoms. The number of aliphatic hydroxyl groups is 1. The third-order valence-corrected chi connectivity index (χ3v) is 3.74. The third-order valence-electron chi connectivity index (χ3n) is 3.74. The Morgan fingerprint density at radius 1 is 1.36 bits per heavy atom. The maximum absolute atomic E-state index is 14.3. The minimum atomic E-state index is -1.56. The highest BCUT2D eigenvalue weighted by molar-refractivity contribution is 5.25. The number of halogens is 1. The standard InChI is InChI=1S/C14H15FN6O/c1-11(21-7-6-17-19-21)14(22,8-20-10-16-9-18-20)12-4-2-3-5-13(12)15/h2-7,9-11,22H,8H2,1H3. The molecule has 0 fully saturated rings. The SMILES string of the molecule is CC(n1ccnn1)C(O)(Cn1cncn1)c1ccccc1F. The highest BCUT2D eigenvalue weighted by Crippen LogP contribution is 2.35. The van der Waals surface area contributed by atoms with Gasteiger partial charge in [-0.05, 0) is 13.0 Å². The van der Waals surface area contributed by atoms with Crippen molar-refractivity contribution in [2.75, 3.05) is 0 Å². The van der Waals surface area contributed by atoms with Gasteiger partial charge in [-0.25, -0.2) is 18.7 Å². The van der Waals surface area contributed by atoms with E-state index in [-0.39, 0.29) is 12.1 Å². The fourth-order valence-electron chi connectivity index (χ4n) is 2.46. The summed E-state index contributed by atoms with van der Waals surface area (Å²) in [5.74, 6) is -0.489. The predicted molar refractivity (Wildman–Crippen MR) is 75.1 cm³/mol. The van der Waals surface area contributed by atoms with Crippen molar-refractivity contribution in [1.82, 2.24) is 29.8 Å². The molecule has 0 bridgehead atoms. The van der Waals surface area contributed by atoms with Gasteiger partial charge in [-0.15, -0.1) is 5.10 Å². The van der Waals surface area contributed by atoms with E-state index in [9.17, 15) is 9.50 Å². The summed E-state index contributed by atoms with van der Waals surface area (Å²) >= 11 is 0. The average molecular weight is 302 g/mol. The van der Waals surface area contributed by atoms with Crippen LogP contribution in [0.25, 0.3) is 0 Å². The Labute approximate surface area is 126 Å². The van der Waals surface area contributed by atoms with Crippen molar-refractivity contribution in [3.05, 3.63) is 60.7 Å². The fourth-order valence-corrected chi connectivity index (χ4v) is 2.46. The lowest BCUT2D eigenvalue weighted by atomic mass is 9.86. The van der Waals surface area contributed by atoms with Crippen LogP contribution in [-0.4, -0.2) is 34.9 Å². The summed E-state index contributed by atoms with van der Waals surface area (Å²) in [4.78, 5) is 3.86. The van der Waals surface area contributed by atoms with E-state index in [1.165, 1.54) is 34.3 Å². The molecule has 0 saturated heterocycles. The fraction of sp³-hybridized carbons (Fsp3) is 0.286. The van der Waals surface area contributed by atoms with Crippen LogP contribution in [0.2, 0.25) is 0 Å². The van der Waals surface area contributed by atoms with Crippen LogP contribution in [0.3, 0.4) is 0 Å². The van der Waals surface area contributed by atoms with E-state index >= 15 is 0 Å². The van der Waals surface area contributed by atoms with Gasteiger partial charge in [-0.1, -0.05) is 23.4 Å². The van der Waals surface area contributed by atoms with Gasteiger partial charge in [0.05, 0.1) is 18.8 Å². The Bertz CT molecular complexity index is 730. The molecule has 3 aromatic rings. The number of hydrogen-bond acceptors (Lipinski definition) is 5. The third kappa shape index (κ3) is 2.48. The molecule has 3 rings (SSSR count). The largest absolute Gasteiger partial charge is 0.381 e. The van der Waals surface area contributed by atoms with Gasteiger partial charge in [0.25, 0.3) is 0 Å². The van der Waals surface area contributed by atoms with Crippen molar-refractivity contribution in [3.8, 4) is 0 Å². The molecule has 2 unspecified atom stereocenters. The molecule has 114 valence electrons. The Morgan fingerprint density at radius 3 is 2.82 bits per heavy atom. The Morgan fingerprint density at radius 2 is 2.18 bits per heavy atom. The summed E-state index contributed by atoms with van der Waals surface area (Å²) in [6.07, 6.45) is 5.97. The van der Waals surface area contributed by atoms with E-state index < -0.39 is 17.5 Å². The number of rotatable bonds is 5. The van der Waals surface area contributed by atoms with Gasteiger partial charge in [0.1, 0.15) is 24.1 Å². The Balaban J connectivity index is 2.07. The lowest BCUT2D eigenvalue weighted by Gasteiger charge is -2.34. The summed E-state index contributed by atoms with van der Waals surface area (Å²) in [6, 6.07) is 5.57. The molecule has 1 N–H and O–H groups in total. The maximum atomic E-state index is 14.3. The Hall–Kier alpha value is -2.61. The van der Waals surface area contributed by atoms with Gasteiger partial charge >= 0.3 is 0 Å². The van der Waals surface area contributed by atoms with Crippen LogP contribution in [0.15, 0.2) is 49.3 Å².